The molecule has 0 radical (unpaired) electrons. The van der Waals surface area contributed by atoms with Crippen LogP contribution in [0.25, 0.3) is 10.1 Å². The number of halogens is 3. The SMILES string of the molecule is Cc1nn(C(=O)c2sc3cccc(F)c3c2Cl)c(C)c1Cl. The van der Waals surface area contributed by atoms with Gasteiger partial charge in [0.25, 0.3) is 5.91 Å². The van der Waals surface area contributed by atoms with E-state index in [-0.39, 0.29) is 15.3 Å². The predicted molar refractivity (Wildman–Crippen MR) is 83.2 cm³/mol. The number of aromatic nitrogens is 2. The number of aryl methyl sites for hydroxylation is 1. The summed E-state index contributed by atoms with van der Waals surface area (Å²) in [7, 11) is 0. The Balaban J connectivity index is 2.21. The molecule has 0 N–H and O–H groups in total. The summed E-state index contributed by atoms with van der Waals surface area (Å²) in [5.41, 5.74) is 1.10. The Morgan fingerprint density at radius 2 is 2.00 bits per heavy atom. The van der Waals surface area contributed by atoms with Gasteiger partial charge >= 0.3 is 0 Å². The van der Waals surface area contributed by atoms with Crippen molar-refractivity contribution in [2.24, 2.45) is 0 Å². The molecule has 0 aliphatic carbocycles. The third-order valence-electron chi connectivity index (χ3n) is 3.20. The van der Waals surface area contributed by atoms with E-state index in [0.29, 0.717) is 21.1 Å². The third kappa shape index (κ3) is 2.16. The minimum atomic E-state index is -0.445. The number of hydrogen-bond acceptors (Lipinski definition) is 3. The van der Waals surface area contributed by atoms with E-state index >= 15 is 0 Å². The van der Waals surface area contributed by atoms with Gasteiger partial charge in [0.05, 0.1) is 21.4 Å². The topological polar surface area (TPSA) is 34.9 Å². The van der Waals surface area contributed by atoms with E-state index in [0.717, 1.165) is 11.3 Å². The van der Waals surface area contributed by atoms with E-state index in [4.69, 9.17) is 23.2 Å². The molecule has 0 atom stereocenters. The van der Waals surface area contributed by atoms with E-state index in [1.165, 1.54) is 10.7 Å². The molecule has 1 aromatic carbocycles. The molecule has 0 saturated carbocycles. The minimum Gasteiger partial charge on any atom is -0.266 e. The summed E-state index contributed by atoms with van der Waals surface area (Å²) in [6.07, 6.45) is 0. The Hall–Kier alpha value is -1.43. The fraction of sp³-hybridized carbons (Fsp3) is 0.143. The Morgan fingerprint density at radius 3 is 2.57 bits per heavy atom. The first-order valence-electron chi connectivity index (χ1n) is 6.04. The van der Waals surface area contributed by atoms with Crippen LogP contribution in [0.4, 0.5) is 4.39 Å². The zero-order valence-corrected chi connectivity index (χ0v) is 13.4. The van der Waals surface area contributed by atoms with Gasteiger partial charge in [0, 0.05) is 10.1 Å². The highest BCUT2D eigenvalue weighted by atomic mass is 35.5. The zero-order valence-electron chi connectivity index (χ0n) is 11.1. The quantitative estimate of drug-likeness (QED) is 0.633. The van der Waals surface area contributed by atoms with Crippen molar-refractivity contribution in [3.63, 3.8) is 0 Å². The number of carbonyl (C=O) groups is 1. The second-order valence-corrected chi connectivity index (χ2v) is 6.37. The lowest BCUT2D eigenvalue weighted by atomic mass is 10.2. The average molecular weight is 343 g/mol. The molecule has 2 aromatic heterocycles. The van der Waals surface area contributed by atoms with Gasteiger partial charge in [-0.05, 0) is 26.0 Å². The normalized spacial score (nSPS) is 11.3. The Kier molecular flexibility index (Phi) is 3.51. The maximum Gasteiger partial charge on any atom is 0.290 e. The monoisotopic (exact) mass is 342 g/mol. The molecule has 3 rings (SSSR count). The maximum atomic E-state index is 13.8. The Labute approximate surface area is 133 Å². The molecule has 3 nitrogen and oxygen atoms in total. The number of carbonyl (C=O) groups excluding carboxylic acids is 1. The first-order valence-corrected chi connectivity index (χ1v) is 7.62. The standard InChI is InChI=1S/C14H9Cl2FN2OS/c1-6-11(15)7(2)19(18-6)14(20)13-12(16)10-8(17)4-3-5-9(10)21-13/h3-5H,1-2H3. The molecular formula is C14H9Cl2FN2OS. The Bertz CT molecular complexity index is 885. The van der Waals surface area contributed by atoms with Gasteiger partial charge in [-0.15, -0.1) is 11.3 Å². The highest BCUT2D eigenvalue weighted by molar-refractivity contribution is 7.21. The summed E-state index contributed by atoms with van der Waals surface area (Å²) in [6.45, 7) is 3.41. The fourth-order valence-electron chi connectivity index (χ4n) is 2.13. The molecule has 2 heterocycles. The molecule has 0 fully saturated rings. The summed E-state index contributed by atoms with van der Waals surface area (Å²) in [4.78, 5) is 12.8. The van der Waals surface area contributed by atoms with Crippen LogP contribution < -0.4 is 0 Å². The van der Waals surface area contributed by atoms with Gasteiger partial charge in [0.15, 0.2) is 0 Å². The average Bonchev–Trinajstić information content (AvgIpc) is 2.92. The molecule has 0 amide bonds. The summed E-state index contributed by atoms with van der Waals surface area (Å²) in [6, 6.07) is 4.62. The van der Waals surface area contributed by atoms with Gasteiger partial charge in [0.1, 0.15) is 10.7 Å². The highest BCUT2D eigenvalue weighted by Gasteiger charge is 2.23. The number of fused-ring (bicyclic) bond motifs is 1. The van der Waals surface area contributed by atoms with Crippen molar-refractivity contribution in [2.45, 2.75) is 13.8 Å². The number of hydrogen-bond donors (Lipinski definition) is 0. The van der Waals surface area contributed by atoms with Crippen molar-refractivity contribution in [3.05, 3.63) is 50.3 Å². The lowest BCUT2D eigenvalue weighted by molar-refractivity contribution is 0.0946. The molecular weight excluding hydrogens is 334 g/mol. The van der Waals surface area contributed by atoms with Crippen molar-refractivity contribution in [1.82, 2.24) is 9.78 Å². The largest absolute Gasteiger partial charge is 0.290 e. The molecule has 0 aliphatic heterocycles. The van der Waals surface area contributed by atoms with E-state index in [1.54, 1.807) is 26.0 Å². The Morgan fingerprint density at radius 1 is 1.29 bits per heavy atom. The molecule has 0 bridgehead atoms. The fourth-order valence-corrected chi connectivity index (χ4v) is 3.72. The molecule has 0 unspecified atom stereocenters. The lowest BCUT2D eigenvalue weighted by Gasteiger charge is -2.01. The summed E-state index contributed by atoms with van der Waals surface area (Å²) >= 11 is 13.4. The lowest BCUT2D eigenvalue weighted by Crippen LogP contribution is -2.14. The molecule has 7 heteroatoms. The van der Waals surface area contributed by atoms with Crippen LogP contribution in [0.2, 0.25) is 10.0 Å². The smallest absolute Gasteiger partial charge is 0.266 e. The molecule has 0 aliphatic rings. The van der Waals surface area contributed by atoms with Crippen molar-refractivity contribution in [2.75, 3.05) is 0 Å². The van der Waals surface area contributed by atoms with Crippen LogP contribution >= 0.6 is 34.5 Å². The van der Waals surface area contributed by atoms with Crippen molar-refractivity contribution >= 4 is 50.5 Å². The third-order valence-corrected chi connectivity index (χ3v) is 5.38. The molecule has 0 spiro atoms. The van der Waals surface area contributed by atoms with Crippen LogP contribution in [-0.2, 0) is 0 Å². The van der Waals surface area contributed by atoms with Gasteiger partial charge < -0.3 is 0 Å². The zero-order chi connectivity index (χ0) is 15.3. The number of rotatable bonds is 1. The first-order chi connectivity index (χ1) is 9.91. The van der Waals surface area contributed by atoms with E-state index in [1.807, 2.05) is 0 Å². The number of benzene rings is 1. The van der Waals surface area contributed by atoms with Crippen LogP contribution in [0, 0.1) is 19.7 Å². The van der Waals surface area contributed by atoms with Crippen LogP contribution in [0.5, 0.6) is 0 Å². The minimum absolute atomic E-state index is 0.113. The van der Waals surface area contributed by atoms with Crippen LogP contribution in [0.15, 0.2) is 18.2 Å². The van der Waals surface area contributed by atoms with Gasteiger partial charge in [-0.1, -0.05) is 29.3 Å². The van der Waals surface area contributed by atoms with Crippen LogP contribution in [-0.4, -0.2) is 15.7 Å². The second kappa shape index (κ2) is 5.09. The van der Waals surface area contributed by atoms with Gasteiger partial charge in [-0.3, -0.25) is 4.79 Å². The molecule has 3 aromatic rings. The van der Waals surface area contributed by atoms with Gasteiger partial charge in [0.2, 0.25) is 0 Å². The van der Waals surface area contributed by atoms with Crippen molar-refractivity contribution < 1.29 is 9.18 Å². The molecule has 108 valence electrons. The van der Waals surface area contributed by atoms with Gasteiger partial charge in [-0.25, -0.2) is 4.39 Å². The van der Waals surface area contributed by atoms with E-state index in [9.17, 15) is 9.18 Å². The highest BCUT2D eigenvalue weighted by Crippen LogP contribution is 2.37. The van der Waals surface area contributed by atoms with Gasteiger partial charge in [-0.2, -0.15) is 9.78 Å². The van der Waals surface area contributed by atoms with Crippen LogP contribution in [0.3, 0.4) is 0 Å². The van der Waals surface area contributed by atoms with Crippen molar-refractivity contribution in [3.8, 4) is 0 Å². The molecule has 0 saturated heterocycles. The second-order valence-electron chi connectivity index (χ2n) is 4.56. The van der Waals surface area contributed by atoms with E-state index < -0.39 is 11.7 Å². The van der Waals surface area contributed by atoms with Crippen LogP contribution in [0.1, 0.15) is 21.1 Å². The molecule has 21 heavy (non-hydrogen) atoms. The first kappa shape index (κ1) is 14.5. The number of thiophene rings is 1. The summed E-state index contributed by atoms with van der Waals surface area (Å²) in [5.74, 6) is -0.854. The summed E-state index contributed by atoms with van der Waals surface area (Å²) in [5, 5.41) is 4.92. The van der Waals surface area contributed by atoms with Crippen molar-refractivity contribution in [1.29, 1.82) is 0 Å². The van der Waals surface area contributed by atoms with E-state index in [2.05, 4.69) is 5.10 Å². The maximum absolute atomic E-state index is 13.8. The number of nitrogens with zero attached hydrogens (tertiary/aromatic N) is 2. The predicted octanol–water partition coefficient (Wildman–Crippen LogP) is 4.85. The summed E-state index contributed by atoms with van der Waals surface area (Å²) < 4.78 is 15.7.